The third kappa shape index (κ3) is 2.43. The molecule has 1 aliphatic carbocycles. The van der Waals surface area contributed by atoms with Crippen LogP contribution in [0.25, 0.3) is 0 Å². The van der Waals surface area contributed by atoms with Crippen LogP contribution in [0.3, 0.4) is 0 Å². The van der Waals surface area contributed by atoms with Crippen molar-refractivity contribution in [2.75, 3.05) is 0 Å². The second kappa shape index (κ2) is 4.16. The Hall–Kier alpha value is -1.91. The third-order valence-electron chi connectivity index (χ3n) is 2.89. The van der Waals surface area contributed by atoms with Crippen LogP contribution >= 0.6 is 0 Å². The molecule has 0 heterocycles. The van der Waals surface area contributed by atoms with Gasteiger partial charge in [-0.15, -0.1) is 0 Å². The van der Waals surface area contributed by atoms with Crippen LogP contribution in [0.5, 0.6) is 0 Å². The van der Waals surface area contributed by atoms with E-state index < -0.39 is 17.7 Å². The zero-order valence-corrected chi connectivity index (χ0v) is 9.24. The van der Waals surface area contributed by atoms with Crippen molar-refractivity contribution in [3.05, 3.63) is 35.1 Å². The molecule has 4 nitrogen and oxygen atoms in total. The minimum atomic E-state index is -1.22. The summed E-state index contributed by atoms with van der Waals surface area (Å²) in [5.41, 5.74) is -0.284. The van der Waals surface area contributed by atoms with Crippen LogP contribution in [0.15, 0.2) is 18.2 Å². The molecule has 1 aliphatic rings. The molecule has 0 spiro atoms. The van der Waals surface area contributed by atoms with Gasteiger partial charge in [0.05, 0.1) is 11.1 Å². The lowest BCUT2D eigenvalue weighted by molar-refractivity contribution is 0.0695. The van der Waals surface area contributed by atoms with Gasteiger partial charge in [0.25, 0.3) is 5.91 Å². The number of hydrogen-bond acceptors (Lipinski definition) is 2. The Bertz CT molecular complexity index is 487. The van der Waals surface area contributed by atoms with Crippen molar-refractivity contribution < 1.29 is 19.1 Å². The molecule has 0 aromatic heterocycles. The van der Waals surface area contributed by atoms with Crippen molar-refractivity contribution in [1.29, 1.82) is 0 Å². The van der Waals surface area contributed by atoms with Gasteiger partial charge in [0, 0.05) is 6.04 Å². The molecule has 2 rings (SSSR count). The molecule has 0 saturated heterocycles. The van der Waals surface area contributed by atoms with Gasteiger partial charge in [0.15, 0.2) is 0 Å². The van der Waals surface area contributed by atoms with Crippen molar-refractivity contribution in [1.82, 2.24) is 5.32 Å². The number of carboxylic acid groups (broad SMARTS) is 1. The van der Waals surface area contributed by atoms with E-state index in [1.807, 2.05) is 6.92 Å². The SMILES string of the molecule is CC1CC1NC(=O)c1ccc(C(=O)O)cc1F. The van der Waals surface area contributed by atoms with Crippen LogP contribution in [0, 0.1) is 11.7 Å². The molecule has 0 bridgehead atoms. The Morgan fingerprint density at radius 1 is 1.47 bits per heavy atom. The highest BCUT2D eigenvalue weighted by Gasteiger charge is 2.34. The number of carbonyl (C=O) groups excluding carboxylic acids is 1. The third-order valence-corrected chi connectivity index (χ3v) is 2.89. The van der Waals surface area contributed by atoms with E-state index in [2.05, 4.69) is 5.32 Å². The zero-order chi connectivity index (χ0) is 12.6. The van der Waals surface area contributed by atoms with E-state index in [4.69, 9.17) is 5.11 Å². The van der Waals surface area contributed by atoms with Crippen molar-refractivity contribution in [3.63, 3.8) is 0 Å². The van der Waals surface area contributed by atoms with Crippen LogP contribution in [0.1, 0.15) is 34.1 Å². The number of amides is 1. The molecule has 0 radical (unpaired) electrons. The standard InChI is InChI=1S/C12H12FNO3/c1-6-4-10(6)14-11(15)8-3-2-7(12(16)17)5-9(8)13/h2-3,5-6,10H,4H2,1H3,(H,14,15)(H,16,17). The number of hydrogen-bond donors (Lipinski definition) is 2. The maximum Gasteiger partial charge on any atom is 0.335 e. The molecule has 1 aromatic rings. The maximum atomic E-state index is 13.5. The first-order valence-electron chi connectivity index (χ1n) is 5.32. The molecular weight excluding hydrogens is 225 g/mol. The topological polar surface area (TPSA) is 66.4 Å². The van der Waals surface area contributed by atoms with Gasteiger partial charge in [0.2, 0.25) is 0 Å². The van der Waals surface area contributed by atoms with Crippen molar-refractivity contribution in [3.8, 4) is 0 Å². The molecule has 90 valence electrons. The molecule has 0 aliphatic heterocycles. The normalized spacial score (nSPS) is 22.0. The van der Waals surface area contributed by atoms with Crippen molar-refractivity contribution >= 4 is 11.9 Å². The van der Waals surface area contributed by atoms with Gasteiger partial charge in [-0.3, -0.25) is 4.79 Å². The fourth-order valence-electron chi connectivity index (χ4n) is 1.60. The molecule has 1 amide bonds. The van der Waals surface area contributed by atoms with Gasteiger partial charge in [0.1, 0.15) is 5.82 Å². The fourth-order valence-corrected chi connectivity index (χ4v) is 1.60. The Morgan fingerprint density at radius 3 is 2.59 bits per heavy atom. The van der Waals surface area contributed by atoms with E-state index in [0.717, 1.165) is 12.5 Å². The number of halogens is 1. The quantitative estimate of drug-likeness (QED) is 0.840. The zero-order valence-electron chi connectivity index (χ0n) is 9.24. The first kappa shape index (κ1) is 11.6. The van der Waals surface area contributed by atoms with E-state index in [1.165, 1.54) is 12.1 Å². The smallest absolute Gasteiger partial charge is 0.335 e. The highest BCUT2D eigenvalue weighted by molar-refractivity contribution is 5.96. The van der Waals surface area contributed by atoms with Crippen LogP contribution in [-0.2, 0) is 0 Å². The average Bonchev–Trinajstić information content (AvgIpc) is 2.93. The molecule has 5 heteroatoms. The first-order valence-corrected chi connectivity index (χ1v) is 5.32. The summed E-state index contributed by atoms with van der Waals surface area (Å²) in [7, 11) is 0. The molecule has 1 fully saturated rings. The molecule has 17 heavy (non-hydrogen) atoms. The van der Waals surface area contributed by atoms with Gasteiger partial charge in [-0.1, -0.05) is 6.92 Å². The van der Waals surface area contributed by atoms with E-state index in [0.29, 0.717) is 5.92 Å². The molecule has 2 N–H and O–H groups in total. The Labute approximate surface area is 97.4 Å². The monoisotopic (exact) mass is 237 g/mol. The minimum Gasteiger partial charge on any atom is -0.478 e. The van der Waals surface area contributed by atoms with E-state index in [-0.39, 0.29) is 17.2 Å². The van der Waals surface area contributed by atoms with Gasteiger partial charge in [-0.25, -0.2) is 9.18 Å². The summed E-state index contributed by atoms with van der Waals surface area (Å²) in [5.74, 6) is -2.09. The molecule has 1 saturated carbocycles. The molecule has 1 aromatic carbocycles. The number of rotatable bonds is 3. The van der Waals surface area contributed by atoms with Crippen LogP contribution in [0.4, 0.5) is 4.39 Å². The largest absolute Gasteiger partial charge is 0.478 e. The predicted molar refractivity (Wildman–Crippen MR) is 58.4 cm³/mol. The molecular formula is C12H12FNO3. The lowest BCUT2D eigenvalue weighted by Gasteiger charge is -2.05. The van der Waals surface area contributed by atoms with E-state index >= 15 is 0 Å². The van der Waals surface area contributed by atoms with E-state index in [9.17, 15) is 14.0 Å². The first-order chi connectivity index (χ1) is 7.99. The molecule has 2 unspecified atom stereocenters. The lowest BCUT2D eigenvalue weighted by Crippen LogP contribution is -2.27. The number of aromatic carboxylic acids is 1. The van der Waals surface area contributed by atoms with Crippen LogP contribution < -0.4 is 5.32 Å². The summed E-state index contributed by atoms with van der Waals surface area (Å²) >= 11 is 0. The van der Waals surface area contributed by atoms with Crippen molar-refractivity contribution in [2.45, 2.75) is 19.4 Å². The summed E-state index contributed by atoms with van der Waals surface area (Å²) in [6.45, 7) is 1.99. The second-order valence-corrected chi connectivity index (χ2v) is 4.29. The van der Waals surface area contributed by atoms with Crippen molar-refractivity contribution in [2.24, 2.45) is 5.92 Å². The van der Waals surface area contributed by atoms with Crippen LogP contribution in [-0.4, -0.2) is 23.0 Å². The Kier molecular flexibility index (Phi) is 2.83. The molecule has 2 atom stereocenters. The minimum absolute atomic E-state index is 0.112. The van der Waals surface area contributed by atoms with E-state index in [1.54, 1.807) is 0 Å². The summed E-state index contributed by atoms with van der Waals surface area (Å²) in [6.07, 6.45) is 0.903. The van der Waals surface area contributed by atoms with Crippen LogP contribution in [0.2, 0.25) is 0 Å². The summed E-state index contributed by atoms with van der Waals surface area (Å²) in [6, 6.07) is 3.38. The maximum absolute atomic E-state index is 13.5. The van der Waals surface area contributed by atoms with Gasteiger partial charge < -0.3 is 10.4 Å². The fraction of sp³-hybridized carbons (Fsp3) is 0.333. The van der Waals surface area contributed by atoms with Gasteiger partial charge in [-0.2, -0.15) is 0 Å². The number of carboxylic acids is 1. The summed E-state index contributed by atoms with van der Waals surface area (Å²) < 4.78 is 13.5. The Morgan fingerprint density at radius 2 is 2.12 bits per heavy atom. The summed E-state index contributed by atoms with van der Waals surface area (Å²) in [4.78, 5) is 22.2. The Balaban J connectivity index is 2.15. The summed E-state index contributed by atoms with van der Waals surface area (Å²) in [5, 5.41) is 11.3. The van der Waals surface area contributed by atoms with Gasteiger partial charge in [-0.05, 0) is 30.5 Å². The lowest BCUT2D eigenvalue weighted by atomic mass is 10.1. The number of benzene rings is 1. The highest BCUT2D eigenvalue weighted by atomic mass is 19.1. The second-order valence-electron chi connectivity index (χ2n) is 4.29. The number of nitrogens with one attached hydrogen (secondary N) is 1. The predicted octanol–water partition coefficient (Wildman–Crippen LogP) is 1.66. The average molecular weight is 237 g/mol. The van der Waals surface area contributed by atoms with Gasteiger partial charge >= 0.3 is 5.97 Å². The number of carbonyl (C=O) groups is 2. The highest BCUT2D eigenvalue weighted by Crippen LogP contribution is 2.29.